The first kappa shape index (κ1) is 22.1. The molecule has 4 rings (SSSR count). The van der Waals surface area contributed by atoms with Crippen LogP contribution in [0.25, 0.3) is 16.9 Å². The second kappa shape index (κ2) is 9.37. The van der Waals surface area contributed by atoms with Gasteiger partial charge in [-0.2, -0.15) is 0 Å². The average molecular weight is 425 g/mol. The van der Waals surface area contributed by atoms with E-state index in [2.05, 4.69) is 10.3 Å². The van der Waals surface area contributed by atoms with Gasteiger partial charge >= 0.3 is 0 Å². The van der Waals surface area contributed by atoms with Crippen molar-refractivity contribution < 1.29 is 9.18 Å². The fourth-order valence-corrected chi connectivity index (χ4v) is 3.42. The lowest BCUT2D eigenvalue weighted by molar-refractivity contribution is 0.0925. The van der Waals surface area contributed by atoms with Crippen LogP contribution in [0.2, 0.25) is 0 Å². The minimum atomic E-state index is -0.278. The number of rotatable bonds is 3. The molecular weight excluding hydrogens is 402 g/mol. The van der Waals surface area contributed by atoms with Gasteiger partial charge in [-0.25, -0.2) is 9.37 Å². The van der Waals surface area contributed by atoms with E-state index in [4.69, 9.17) is 5.73 Å². The van der Waals surface area contributed by atoms with Crippen LogP contribution in [0.3, 0.4) is 0 Å². The molecule has 8 heteroatoms. The van der Waals surface area contributed by atoms with Gasteiger partial charge in [-0.1, -0.05) is 0 Å². The summed E-state index contributed by atoms with van der Waals surface area (Å²) in [6.07, 6.45) is 7.38. The molecule has 2 heterocycles. The first-order valence-electron chi connectivity index (χ1n) is 8.89. The number of imidazole rings is 1. The highest BCUT2D eigenvalue weighted by molar-refractivity contribution is 5.94. The summed E-state index contributed by atoms with van der Waals surface area (Å²) >= 11 is 0. The summed E-state index contributed by atoms with van der Waals surface area (Å²) in [5, 5.41) is 3.10. The number of fused-ring (bicyclic) bond motifs is 1. The first-order chi connectivity index (χ1) is 12.6. The van der Waals surface area contributed by atoms with Gasteiger partial charge in [0.15, 0.2) is 0 Å². The maximum Gasteiger partial charge on any atom is 0.252 e. The Morgan fingerprint density at radius 2 is 1.71 bits per heavy atom. The number of carbonyl (C=O) groups is 1. The van der Waals surface area contributed by atoms with Gasteiger partial charge in [0, 0.05) is 30.0 Å². The van der Waals surface area contributed by atoms with E-state index in [1.807, 2.05) is 16.7 Å². The molecule has 150 valence electrons. The highest BCUT2D eigenvalue weighted by Crippen LogP contribution is 2.21. The number of carbonyl (C=O) groups excluding carboxylic acids is 1. The van der Waals surface area contributed by atoms with Crippen molar-refractivity contribution in [2.75, 3.05) is 0 Å². The third-order valence-corrected chi connectivity index (χ3v) is 4.96. The van der Waals surface area contributed by atoms with E-state index >= 15 is 0 Å². The number of benzene rings is 1. The summed E-state index contributed by atoms with van der Waals surface area (Å²) in [5.74, 6) is -0.357. The Morgan fingerprint density at radius 1 is 1.04 bits per heavy atom. The maximum absolute atomic E-state index is 13.1. The molecule has 2 aromatic heterocycles. The van der Waals surface area contributed by atoms with Crippen LogP contribution in [0.1, 0.15) is 36.0 Å². The van der Waals surface area contributed by atoms with E-state index in [-0.39, 0.29) is 48.6 Å². The van der Waals surface area contributed by atoms with Gasteiger partial charge in [0.25, 0.3) is 5.91 Å². The van der Waals surface area contributed by atoms with Gasteiger partial charge in [-0.05, 0) is 62.1 Å². The molecule has 3 N–H and O–H groups in total. The number of hydrogen-bond acceptors (Lipinski definition) is 3. The Balaban J connectivity index is 0.00000140. The van der Waals surface area contributed by atoms with E-state index in [0.29, 0.717) is 5.56 Å². The summed E-state index contributed by atoms with van der Waals surface area (Å²) < 4.78 is 14.9. The molecule has 1 aliphatic rings. The average Bonchev–Trinajstić information content (AvgIpc) is 3.07. The number of nitrogens with two attached hydrogens (primary N) is 1. The lowest BCUT2D eigenvalue weighted by Gasteiger charge is -2.26. The number of amides is 1. The molecule has 0 spiro atoms. The summed E-state index contributed by atoms with van der Waals surface area (Å²) in [6, 6.07) is 10.3. The van der Waals surface area contributed by atoms with E-state index in [9.17, 15) is 9.18 Å². The van der Waals surface area contributed by atoms with Crippen LogP contribution < -0.4 is 11.1 Å². The Hall–Kier alpha value is -2.15. The zero-order valence-electron chi connectivity index (χ0n) is 15.2. The summed E-state index contributed by atoms with van der Waals surface area (Å²) in [7, 11) is 0. The lowest BCUT2D eigenvalue weighted by Crippen LogP contribution is -2.40. The van der Waals surface area contributed by atoms with Crippen LogP contribution in [-0.4, -0.2) is 27.4 Å². The molecule has 1 saturated carbocycles. The molecule has 0 aliphatic heterocycles. The number of nitrogens with one attached hydrogen (secondary N) is 1. The molecule has 0 atom stereocenters. The fraction of sp³-hybridized carbons (Fsp3) is 0.300. The highest BCUT2D eigenvalue weighted by atomic mass is 35.5. The normalized spacial score (nSPS) is 18.8. The quantitative estimate of drug-likeness (QED) is 0.667. The molecule has 0 bridgehead atoms. The van der Waals surface area contributed by atoms with E-state index in [0.717, 1.165) is 42.6 Å². The van der Waals surface area contributed by atoms with Crippen molar-refractivity contribution in [2.45, 2.75) is 37.8 Å². The van der Waals surface area contributed by atoms with E-state index in [1.165, 1.54) is 12.1 Å². The number of nitrogens with zero attached hydrogens (tertiary/aromatic N) is 2. The van der Waals surface area contributed by atoms with Crippen LogP contribution in [0.15, 0.2) is 48.8 Å². The van der Waals surface area contributed by atoms with Gasteiger partial charge in [0.2, 0.25) is 0 Å². The summed E-state index contributed by atoms with van der Waals surface area (Å²) in [5.41, 5.74) is 8.82. The zero-order valence-corrected chi connectivity index (χ0v) is 16.8. The van der Waals surface area contributed by atoms with Gasteiger partial charge in [-0.15, -0.1) is 24.8 Å². The molecule has 0 saturated heterocycles. The minimum absolute atomic E-state index is 0. The predicted octanol–water partition coefficient (Wildman–Crippen LogP) is 3.98. The topological polar surface area (TPSA) is 72.4 Å². The SMILES string of the molecule is Cl.Cl.NC1CCC(NC(=O)c2ccc3nc(-c4ccc(F)cc4)cn3c2)CC1. The lowest BCUT2D eigenvalue weighted by atomic mass is 9.92. The minimum Gasteiger partial charge on any atom is -0.349 e. The Morgan fingerprint density at radius 3 is 2.39 bits per heavy atom. The number of pyridine rings is 1. The Bertz CT molecular complexity index is 937. The third-order valence-electron chi connectivity index (χ3n) is 4.96. The van der Waals surface area contributed by atoms with Crippen molar-refractivity contribution in [3.8, 4) is 11.3 Å². The van der Waals surface area contributed by atoms with Crippen LogP contribution >= 0.6 is 24.8 Å². The van der Waals surface area contributed by atoms with Crippen molar-refractivity contribution in [2.24, 2.45) is 5.73 Å². The van der Waals surface area contributed by atoms with Crippen molar-refractivity contribution in [3.05, 3.63) is 60.2 Å². The molecular formula is C20H23Cl2FN4O. The van der Waals surface area contributed by atoms with Gasteiger partial charge in [0.05, 0.1) is 11.3 Å². The molecule has 3 aromatic rings. The van der Waals surface area contributed by atoms with Crippen molar-refractivity contribution in [1.82, 2.24) is 14.7 Å². The molecule has 1 amide bonds. The first-order valence-corrected chi connectivity index (χ1v) is 8.89. The molecule has 1 aromatic carbocycles. The van der Waals surface area contributed by atoms with Crippen molar-refractivity contribution in [1.29, 1.82) is 0 Å². The maximum atomic E-state index is 13.1. The van der Waals surface area contributed by atoms with E-state index in [1.54, 1.807) is 24.4 Å². The summed E-state index contributed by atoms with van der Waals surface area (Å²) in [4.78, 5) is 17.1. The number of aromatic nitrogens is 2. The molecule has 5 nitrogen and oxygen atoms in total. The highest BCUT2D eigenvalue weighted by Gasteiger charge is 2.20. The third kappa shape index (κ3) is 4.82. The monoisotopic (exact) mass is 424 g/mol. The predicted molar refractivity (Wildman–Crippen MR) is 113 cm³/mol. The van der Waals surface area contributed by atoms with Crippen molar-refractivity contribution in [3.63, 3.8) is 0 Å². The molecule has 1 aliphatic carbocycles. The second-order valence-corrected chi connectivity index (χ2v) is 6.90. The van der Waals surface area contributed by atoms with E-state index < -0.39 is 0 Å². The van der Waals surface area contributed by atoms with Crippen LogP contribution in [0, 0.1) is 5.82 Å². The Labute approximate surface area is 175 Å². The Kier molecular flexibility index (Phi) is 7.41. The molecule has 1 fully saturated rings. The largest absolute Gasteiger partial charge is 0.349 e. The fourth-order valence-electron chi connectivity index (χ4n) is 3.42. The standard InChI is InChI=1S/C20H21FN4O.2ClH/c21-15-4-1-13(2-5-15)18-12-25-11-14(3-10-19(25)24-18)20(26)23-17-8-6-16(22)7-9-17;;/h1-5,10-12,16-17H,6-9,22H2,(H,23,26);2*1H. The van der Waals surface area contributed by atoms with Crippen molar-refractivity contribution >= 4 is 36.4 Å². The van der Waals surface area contributed by atoms with Crippen LogP contribution in [0.5, 0.6) is 0 Å². The zero-order chi connectivity index (χ0) is 18.1. The number of hydrogen-bond donors (Lipinski definition) is 2. The summed E-state index contributed by atoms with van der Waals surface area (Å²) in [6.45, 7) is 0. The number of halogens is 3. The molecule has 28 heavy (non-hydrogen) atoms. The molecule has 0 radical (unpaired) electrons. The van der Waals surface area contributed by atoms with Crippen LogP contribution in [-0.2, 0) is 0 Å². The smallest absolute Gasteiger partial charge is 0.252 e. The van der Waals surface area contributed by atoms with Gasteiger partial charge < -0.3 is 15.5 Å². The van der Waals surface area contributed by atoms with Crippen LogP contribution in [0.4, 0.5) is 4.39 Å². The van der Waals surface area contributed by atoms with Gasteiger partial charge in [-0.3, -0.25) is 4.79 Å². The van der Waals surface area contributed by atoms with Gasteiger partial charge in [0.1, 0.15) is 11.5 Å². The second-order valence-electron chi connectivity index (χ2n) is 6.90. The molecule has 0 unspecified atom stereocenters.